The third-order valence-corrected chi connectivity index (χ3v) is 2.26. The lowest BCUT2D eigenvalue weighted by Gasteiger charge is -2.25. The van der Waals surface area contributed by atoms with E-state index in [4.69, 9.17) is 5.73 Å². The van der Waals surface area contributed by atoms with Crippen molar-refractivity contribution in [2.24, 2.45) is 5.73 Å². The Bertz CT molecular complexity index is 206. The normalized spacial score (nSPS) is 16.1. The maximum Gasteiger partial charge on any atom is 0.415 e. The maximum atomic E-state index is 12.2. The number of hydrogen-bond acceptors (Lipinski definition) is 3. The molecule has 0 aromatic heterocycles. The van der Waals surface area contributed by atoms with Crippen LogP contribution < -0.4 is 11.1 Å². The molecule has 1 unspecified atom stereocenters. The number of hydrogen-bond donors (Lipinski definition) is 2. The van der Waals surface area contributed by atoms with Gasteiger partial charge in [-0.3, -0.25) is 4.79 Å². The average molecular weight is 230 g/mol. The first-order chi connectivity index (χ1) is 6.23. The number of carbonyl (C=O) groups excluding carboxylic acids is 1. The van der Waals surface area contributed by atoms with Crippen LogP contribution in [0.5, 0.6) is 0 Å². The summed E-state index contributed by atoms with van der Waals surface area (Å²) in [5.41, 5.74) is 2.06. The average Bonchev–Trinajstić information content (AvgIpc) is 2.02. The largest absolute Gasteiger partial charge is 0.415 e. The van der Waals surface area contributed by atoms with Crippen molar-refractivity contribution in [2.75, 3.05) is 18.6 Å². The Morgan fingerprint density at radius 3 is 2.36 bits per heavy atom. The van der Waals surface area contributed by atoms with Crippen LogP contribution in [0.1, 0.15) is 6.92 Å². The maximum absolute atomic E-state index is 12.2. The Morgan fingerprint density at radius 1 is 1.50 bits per heavy atom. The van der Waals surface area contributed by atoms with Gasteiger partial charge in [0.15, 0.2) is 5.54 Å². The fraction of sp³-hybridized carbons (Fsp3) is 0.857. The van der Waals surface area contributed by atoms with Crippen LogP contribution in [0.15, 0.2) is 0 Å². The topological polar surface area (TPSA) is 55.1 Å². The third kappa shape index (κ3) is 3.38. The van der Waals surface area contributed by atoms with E-state index in [1.54, 1.807) is 6.26 Å². The Labute approximate surface area is 84.6 Å². The van der Waals surface area contributed by atoms with Gasteiger partial charge in [-0.05, 0) is 13.2 Å². The highest BCUT2D eigenvalue weighted by atomic mass is 32.2. The second kappa shape index (κ2) is 4.88. The van der Waals surface area contributed by atoms with E-state index in [-0.39, 0.29) is 6.54 Å². The summed E-state index contributed by atoms with van der Waals surface area (Å²) < 4.78 is 36.6. The summed E-state index contributed by atoms with van der Waals surface area (Å²) in [7, 11) is 0. The summed E-state index contributed by atoms with van der Waals surface area (Å²) in [6, 6.07) is 0. The minimum atomic E-state index is -4.73. The van der Waals surface area contributed by atoms with Gasteiger partial charge in [0.05, 0.1) is 0 Å². The van der Waals surface area contributed by atoms with Crippen molar-refractivity contribution in [1.29, 1.82) is 0 Å². The van der Waals surface area contributed by atoms with Crippen molar-refractivity contribution in [3.63, 3.8) is 0 Å². The number of alkyl halides is 3. The number of thioether (sulfide) groups is 1. The molecule has 0 aromatic carbocycles. The molecule has 0 saturated carbocycles. The molecule has 1 atom stereocenters. The molecule has 0 radical (unpaired) electrons. The SMILES string of the molecule is CSCCNC(=O)C(C)(N)C(F)(F)F. The molecule has 3 N–H and O–H groups in total. The van der Waals surface area contributed by atoms with Gasteiger partial charge in [-0.1, -0.05) is 0 Å². The number of halogens is 3. The van der Waals surface area contributed by atoms with E-state index >= 15 is 0 Å². The standard InChI is InChI=1S/C7H13F3N2OS/c1-6(11,7(8,9)10)5(13)12-3-4-14-2/h3-4,11H2,1-2H3,(H,12,13). The lowest BCUT2D eigenvalue weighted by molar-refractivity contribution is -0.187. The van der Waals surface area contributed by atoms with Crippen molar-refractivity contribution >= 4 is 17.7 Å². The van der Waals surface area contributed by atoms with Gasteiger partial charge in [-0.15, -0.1) is 0 Å². The molecule has 3 nitrogen and oxygen atoms in total. The van der Waals surface area contributed by atoms with Gasteiger partial charge in [0, 0.05) is 12.3 Å². The van der Waals surface area contributed by atoms with Gasteiger partial charge >= 0.3 is 6.18 Å². The number of nitrogens with one attached hydrogen (secondary N) is 1. The fourth-order valence-corrected chi connectivity index (χ4v) is 0.885. The van der Waals surface area contributed by atoms with Gasteiger partial charge in [0.2, 0.25) is 5.91 Å². The van der Waals surface area contributed by atoms with Crippen molar-refractivity contribution in [3.8, 4) is 0 Å². The molecular formula is C7H13F3N2OS. The van der Waals surface area contributed by atoms with Crippen LogP contribution in [0.25, 0.3) is 0 Å². The summed E-state index contributed by atoms with van der Waals surface area (Å²) in [6.07, 6.45) is -2.94. The van der Waals surface area contributed by atoms with Crippen molar-refractivity contribution in [3.05, 3.63) is 0 Å². The summed E-state index contributed by atoms with van der Waals surface area (Å²) in [6.45, 7) is 0.838. The molecule has 0 aliphatic carbocycles. The second-order valence-corrected chi connectivity index (χ2v) is 3.93. The van der Waals surface area contributed by atoms with Crippen LogP contribution in [-0.2, 0) is 4.79 Å². The first-order valence-electron chi connectivity index (χ1n) is 3.86. The molecule has 1 amide bonds. The zero-order valence-electron chi connectivity index (χ0n) is 7.94. The molecule has 0 aliphatic rings. The van der Waals surface area contributed by atoms with E-state index in [1.165, 1.54) is 11.8 Å². The Morgan fingerprint density at radius 2 is 2.00 bits per heavy atom. The molecule has 0 heterocycles. The highest BCUT2D eigenvalue weighted by Gasteiger charge is 2.53. The van der Waals surface area contributed by atoms with E-state index in [0.29, 0.717) is 12.7 Å². The summed E-state index contributed by atoms with van der Waals surface area (Å²) in [5, 5.41) is 2.13. The second-order valence-electron chi connectivity index (χ2n) is 2.95. The van der Waals surface area contributed by atoms with E-state index in [9.17, 15) is 18.0 Å². The lowest BCUT2D eigenvalue weighted by Crippen LogP contribution is -2.61. The first kappa shape index (κ1) is 13.6. The zero-order valence-corrected chi connectivity index (χ0v) is 8.76. The molecule has 0 aliphatic heterocycles. The Kier molecular flexibility index (Phi) is 4.73. The molecule has 84 valence electrons. The number of rotatable bonds is 4. The third-order valence-electron chi connectivity index (χ3n) is 1.65. The number of carbonyl (C=O) groups is 1. The van der Waals surface area contributed by atoms with E-state index < -0.39 is 17.6 Å². The first-order valence-corrected chi connectivity index (χ1v) is 5.25. The van der Waals surface area contributed by atoms with E-state index in [0.717, 1.165) is 0 Å². The Hall–Kier alpha value is -0.430. The van der Waals surface area contributed by atoms with Crippen LogP contribution >= 0.6 is 11.8 Å². The lowest BCUT2D eigenvalue weighted by atomic mass is 10.0. The molecule has 7 heteroatoms. The van der Waals surface area contributed by atoms with Crippen LogP contribution in [-0.4, -0.2) is 36.2 Å². The van der Waals surface area contributed by atoms with Crippen molar-refractivity contribution < 1.29 is 18.0 Å². The predicted octanol–water partition coefficient (Wildman–Crippen LogP) is 0.745. The number of amides is 1. The van der Waals surface area contributed by atoms with Crippen LogP contribution in [0, 0.1) is 0 Å². The minimum absolute atomic E-state index is 0.183. The van der Waals surface area contributed by atoms with Crippen molar-refractivity contribution in [2.45, 2.75) is 18.6 Å². The Balaban J connectivity index is 4.23. The van der Waals surface area contributed by atoms with Crippen LogP contribution in [0.4, 0.5) is 13.2 Å². The van der Waals surface area contributed by atoms with Crippen molar-refractivity contribution in [1.82, 2.24) is 5.32 Å². The quantitative estimate of drug-likeness (QED) is 0.700. The van der Waals surface area contributed by atoms with Gasteiger partial charge in [0.25, 0.3) is 0 Å². The molecule has 0 spiro atoms. The van der Waals surface area contributed by atoms with Crippen LogP contribution in [0.2, 0.25) is 0 Å². The van der Waals surface area contributed by atoms with E-state index in [1.807, 2.05) is 0 Å². The molecule has 0 aromatic rings. The van der Waals surface area contributed by atoms with Gasteiger partial charge < -0.3 is 11.1 Å². The van der Waals surface area contributed by atoms with E-state index in [2.05, 4.69) is 5.32 Å². The highest BCUT2D eigenvalue weighted by molar-refractivity contribution is 7.98. The molecule has 0 fully saturated rings. The van der Waals surface area contributed by atoms with Gasteiger partial charge in [0.1, 0.15) is 0 Å². The molecule has 0 bridgehead atoms. The summed E-state index contributed by atoms with van der Waals surface area (Å²) in [5.74, 6) is -0.640. The molecule has 0 rings (SSSR count). The van der Waals surface area contributed by atoms with Gasteiger partial charge in [-0.2, -0.15) is 24.9 Å². The highest BCUT2D eigenvalue weighted by Crippen LogP contribution is 2.27. The minimum Gasteiger partial charge on any atom is -0.353 e. The number of nitrogens with two attached hydrogens (primary N) is 1. The molecular weight excluding hydrogens is 217 g/mol. The smallest absolute Gasteiger partial charge is 0.353 e. The van der Waals surface area contributed by atoms with Gasteiger partial charge in [-0.25, -0.2) is 0 Å². The monoisotopic (exact) mass is 230 g/mol. The van der Waals surface area contributed by atoms with Crippen LogP contribution in [0.3, 0.4) is 0 Å². The fourth-order valence-electron chi connectivity index (χ4n) is 0.579. The summed E-state index contributed by atoms with van der Waals surface area (Å²) in [4.78, 5) is 11.0. The molecule has 14 heavy (non-hydrogen) atoms. The molecule has 0 saturated heterocycles. The summed E-state index contributed by atoms with van der Waals surface area (Å²) >= 11 is 1.42. The predicted molar refractivity (Wildman–Crippen MR) is 50.0 cm³/mol. The zero-order chi connectivity index (χ0) is 11.4.